The van der Waals surface area contributed by atoms with E-state index in [2.05, 4.69) is 5.32 Å². The first-order chi connectivity index (χ1) is 13.2. The van der Waals surface area contributed by atoms with Crippen molar-refractivity contribution in [3.8, 4) is 0 Å². The van der Waals surface area contributed by atoms with Gasteiger partial charge in [-0.25, -0.2) is 0 Å². The molecule has 0 bridgehead atoms. The highest BCUT2D eigenvalue weighted by atomic mass is 35.5. The van der Waals surface area contributed by atoms with Gasteiger partial charge in [-0.15, -0.1) is 0 Å². The fraction of sp³-hybridized carbons (Fsp3) is 0.364. The van der Waals surface area contributed by atoms with Crippen LogP contribution in [0.2, 0.25) is 5.02 Å². The number of nitrogens with one attached hydrogen (secondary N) is 1. The van der Waals surface area contributed by atoms with Crippen LogP contribution in [-0.4, -0.2) is 29.9 Å². The number of anilines is 1. The van der Waals surface area contributed by atoms with E-state index in [0.717, 1.165) is 16.8 Å². The van der Waals surface area contributed by atoms with Crippen LogP contribution in [0.25, 0.3) is 0 Å². The van der Waals surface area contributed by atoms with Crippen LogP contribution in [0, 0.1) is 0 Å². The number of benzene rings is 2. The van der Waals surface area contributed by atoms with Crippen molar-refractivity contribution in [3.63, 3.8) is 0 Å². The van der Waals surface area contributed by atoms with E-state index >= 15 is 0 Å². The number of hydrogen-bond donors (Lipinski definition) is 2. The van der Waals surface area contributed by atoms with Gasteiger partial charge in [-0.2, -0.15) is 0 Å². The van der Waals surface area contributed by atoms with Gasteiger partial charge in [0.25, 0.3) is 0 Å². The van der Waals surface area contributed by atoms with E-state index < -0.39 is 6.04 Å². The summed E-state index contributed by atoms with van der Waals surface area (Å²) in [5.41, 5.74) is 8.57. The van der Waals surface area contributed by atoms with Gasteiger partial charge in [0.05, 0.1) is 6.04 Å². The lowest BCUT2D eigenvalue weighted by molar-refractivity contribution is -0.125. The summed E-state index contributed by atoms with van der Waals surface area (Å²) in [6, 6.07) is 14.6. The molecular formula is C22H26ClN3O2. The third kappa shape index (κ3) is 4.54. The number of para-hydroxylation sites is 1. The van der Waals surface area contributed by atoms with Gasteiger partial charge in [0.15, 0.2) is 0 Å². The standard InChI is InChI=1S/C22H26ClN3O2/c1-22(2,3)25-20(27)13-26-19-10-5-4-9-16(19)17(12-18(24)21(26)28)14-7-6-8-15(23)11-14/h4-11,17-18H,12-13,24H2,1-3H3,(H,25,27)/t17-,18-/m1/s1. The summed E-state index contributed by atoms with van der Waals surface area (Å²) >= 11 is 6.19. The maximum absolute atomic E-state index is 13.0. The zero-order valence-electron chi connectivity index (χ0n) is 16.4. The number of carbonyl (C=O) groups excluding carboxylic acids is 2. The van der Waals surface area contributed by atoms with Gasteiger partial charge in [0.1, 0.15) is 6.54 Å². The topological polar surface area (TPSA) is 75.4 Å². The fourth-order valence-corrected chi connectivity index (χ4v) is 3.83. The molecule has 0 fully saturated rings. The fourth-order valence-electron chi connectivity index (χ4n) is 3.63. The molecule has 6 heteroatoms. The molecule has 1 heterocycles. The number of nitrogens with zero attached hydrogens (tertiary/aromatic N) is 1. The Bertz CT molecular complexity index is 891. The summed E-state index contributed by atoms with van der Waals surface area (Å²) in [7, 11) is 0. The Hall–Kier alpha value is -2.37. The van der Waals surface area contributed by atoms with Crippen LogP contribution in [0.1, 0.15) is 44.2 Å². The van der Waals surface area contributed by atoms with Crippen LogP contribution in [-0.2, 0) is 9.59 Å². The number of hydrogen-bond acceptors (Lipinski definition) is 3. The van der Waals surface area contributed by atoms with E-state index in [1.165, 1.54) is 4.90 Å². The van der Waals surface area contributed by atoms with Crippen molar-refractivity contribution >= 4 is 29.1 Å². The van der Waals surface area contributed by atoms with Crippen LogP contribution >= 0.6 is 11.6 Å². The lowest BCUT2D eigenvalue weighted by Gasteiger charge is -2.27. The van der Waals surface area contributed by atoms with Crippen molar-refractivity contribution in [2.24, 2.45) is 5.73 Å². The number of carbonyl (C=O) groups is 2. The van der Waals surface area contributed by atoms with Crippen LogP contribution in [0.3, 0.4) is 0 Å². The van der Waals surface area contributed by atoms with Crippen molar-refractivity contribution in [1.29, 1.82) is 0 Å². The number of amides is 2. The molecular weight excluding hydrogens is 374 g/mol. The molecule has 0 spiro atoms. The van der Waals surface area contributed by atoms with Crippen molar-refractivity contribution in [1.82, 2.24) is 5.32 Å². The molecule has 28 heavy (non-hydrogen) atoms. The molecule has 1 aliphatic rings. The zero-order valence-corrected chi connectivity index (χ0v) is 17.2. The summed E-state index contributed by atoms with van der Waals surface area (Å²) in [6.07, 6.45) is 0.452. The van der Waals surface area contributed by atoms with Crippen LogP contribution < -0.4 is 16.0 Å². The highest BCUT2D eigenvalue weighted by molar-refractivity contribution is 6.30. The van der Waals surface area contributed by atoms with Crippen molar-refractivity contribution in [3.05, 3.63) is 64.7 Å². The van der Waals surface area contributed by atoms with E-state index in [0.29, 0.717) is 11.4 Å². The maximum Gasteiger partial charge on any atom is 0.244 e. The van der Waals surface area contributed by atoms with Gasteiger partial charge in [0.2, 0.25) is 11.8 Å². The van der Waals surface area contributed by atoms with E-state index in [4.69, 9.17) is 17.3 Å². The Morgan fingerprint density at radius 2 is 1.93 bits per heavy atom. The molecule has 3 rings (SSSR count). The molecule has 0 aliphatic carbocycles. The predicted octanol–water partition coefficient (Wildman–Crippen LogP) is 3.45. The Labute approximate surface area is 170 Å². The summed E-state index contributed by atoms with van der Waals surface area (Å²) in [5, 5.41) is 3.55. The Kier molecular flexibility index (Phi) is 5.77. The maximum atomic E-state index is 13.0. The molecule has 2 aromatic carbocycles. The molecule has 2 amide bonds. The molecule has 0 saturated heterocycles. The van der Waals surface area contributed by atoms with Gasteiger partial charge in [-0.05, 0) is 56.5 Å². The van der Waals surface area contributed by atoms with Gasteiger partial charge in [0, 0.05) is 22.2 Å². The molecule has 148 valence electrons. The molecule has 0 saturated carbocycles. The monoisotopic (exact) mass is 399 g/mol. The summed E-state index contributed by atoms with van der Waals surface area (Å²) in [4.78, 5) is 27.1. The number of nitrogens with two attached hydrogens (primary N) is 1. The first-order valence-corrected chi connectivity index (χ1v) is 9.76. The average molecular weight is 400 g/mol. The van der Waals surface area contributed by atoms with E-state index in [-0.39, 0.29) is 29.8 Å². The second-order valence-electron chi connectivity index (χ2n) is 8.23. The first-order valence-electron chi connectivity index (χ1n) is 9.38. The highest BCUT2D eigenvalue weighted by Crippen LogP contribution is 2.39. The minimum absolute atomic E-state index is 0.0664. The third-order valence-corrected chi connectivity index (χ3v) is 4.98. The second kappa shape index (κ2) is 7.94. The number of rotatable bonds is 3. The molecule has 2 aromatic rings. The summed E-state index contributed by atoms with van der Waals surface area (Å²) < 4.78 is 0. The molecule has 2 atom stereocenters. The van der Waals surface area contributed by atoms with Gasteiger partial charge in [-0.1, -0.05) is 41.9 Å². The largest absolute Gasteiger partial charge is 0.350 e. The van der Waals surface area contributed by atoms with Crippen molar-refractivity contribution in [2.45, 2.75) is 44.7 Å². The van der Waals surface area contributed by atoms with Crippen LogP contribution in [0.15, 0.2) is 48.5 Å². The van der Waals surface area contributed by atoms with Crippen molar-refractivity contribution in [2.75, 3.05) is 11.4 Å². The smallest absolute Gasteiger partial charge is 0.244 e. The molecule has 1 aliphatic heterocycles. The van der Waals surface area contributed by atoms with Crippen molar-refractivity contribution < 1.29 is 9.59 Å². The average Bonchev–Trinajstić information content (AvgIpc) is 2.71. The first kappa shape index (κ1) is 20.4. The SMILES string of the molecule is CC(C)(C)NC(=O)CN1C(=O)[C@H](N)C[C@H](c2cccc(Cl)c2)c2ccccc21. The molecule has 0 unspecified atom stereocenters. The lowest BCUT2D eigenvalue weighted by Crippen LogP contribution is -2.50. The van der Waals surface area contributed by atoms with E-state index in [9.17, 15) is 9.59 Å². The Morgan fingerprint density at radius 1 is 1.21 bits per heavy atom. The Balaban J connectivity index is 2.02. The third-order valence-electron chi connectivity index (χ3n) is 4.74. The normalized spacial score (nSPS) is 19.8. The predicted molar refractivity (Wildman–Crippen MR) is 113 cm³/mol. The lowest BCUT2D eigenvalue weighted by atomic mass is 9.86. The minimum atomic E-state index is -0.709. The Morgan fingerprint density at radius 3 is 2.61 bits per heavy atom. The number of fused-ring (bicyclic) bond motifs is 1. The molecule has 3 N–H and O–H groups in total. The second-order valence-corrected chi connectivity index (χ2v) is 8.67. The number of halogens is 1. The van der Waals surface area contributed by atoms with Gasteiger partial charge in [-0.3, -0.25) is 9.59 Å². The summed E-state index contributed by atoms with van der Waals surface area (Å²) in [5.74, 6) is -0.547. The van der Waals surface area contributed by atoms with Gasteiger partial charge >= 0.3 is 0 Å². The summed E-state index contributed by atoms with van der Waals surface area (Å²) in [6.45, 7) is 5.65. The van der Waals surface area contributed by atoms with Crippen LogP contribution in [0.4, 0.5) is 5.69 Å². The zero-order chi connectivity index (χ0) is 20.5. The highest BCUT2D eigenvalue weighted by Gasteiger charge is 2.35. The van der Waals surface area contributed by atoms with Crippen LogP contribution in [0.5, 0.6) is 0 Å². The van der Waals surface area contributed by atoms with E-state index in [1.807, 2.05) is 69.3 Å². The minimum Gasteiger partial charge on any atom is -0.350 e. The molecule has 5 nitrogen and oxygen atoms in total. The molecule has 0 aromatic heterocycles. The quantitative estimate of drug-likeness (QED) is 0.829. The molecule has 0 radical (unpaired) electrons. The van der Waals surface area contributed by atoms with Gasteiger partial charge < -0.3 is 16.0 Å². The van der Waals surface area contributed by atoms with E-state index in [1.54, 1.807) is 0 Å².